The minimum Gasteiger partial charge on any atom is -0.497 e. The standard InChI is InChI=1S/C18H15NO5/c1-24-12-6-4-5-11(9-12)15(10-16(20)21)19-17(22)13-7-2-3-8-14(13)18(19)23/h2-9,15H,10H2,1H3,(H,20,21). The third kappa shape index (κ3) is 2.62. The van der Waals surface area contributed by atoms with Crippen LogP contribution in [0, 0.1) is 0 Å². The number of aliphatic carboxylic acids is 1. The van der Waals surface area contributed by atoms with Gasteiger partial charge < -0.3 is 9.84 Å². The van der Waals surface area contributed by atoms with Gasteiger partial charge in [-0.15, -0.1) is 0 Å². The number of rotatable bonds is 5. The van der Waals surface area contributed by atoms with Crippen molar-refractivity contribution in [3.05, 3.63) is 65.2 Å². The average molecular weight is 325 g/mol. The Kier molecular flexibility index (Phi) is 4.04. The second kappa shape index (κ2) is 6.16. The van der Waals surface area contributed by atoms with Gasteiger partial charge in [0, 0.05) is 0 Å². The Bertz CT molecular complexity index is 795. The molecule has 0 aromatic heterocycles. The summed E-state index contributed by atoms with van der Waals surface area (Å²) in [7, 11) is 1.49. The molecule has 6 nitrogen and oxygen atoms in total. The topological polar surface area (TPSA) is 83.9 Å². The number of hydrogen-bond acceptors (Lipinski definition) is 4. The molecule has 0 spiro atoms. The van der Waals surface area contributed by atoms with Crippen LogP contribution < -0.4 is 4.74 Å². The molecule has 1 aliphatic rings. The summed E-state index contributed by atoms with van der Waals surface area (Å²) in [4.78, 5) is 37.6. The lowest BCUT2D eigenvalue weighted by molar-refractivity contribution is -0.138. The lowest BCUT2D eigenvalue weighted by atomic mass is 10.0. The number of carboxylic acids is 1. The van der Waals surface area contributed by atoms with E-state index in [0.29, 0.717) is 22.4 Å². The fourth-order valence-corrected chi connectivity index (χ4v) is 2.86. The van der Waals surface area contributed by atoms with Gasteiger partial charge in [-0.05, 0) is 29.8 Å². The SMILES string of the molecule is COc1cccc(C(CC(=O)O)N2C(=O)c3ccccc3C2=O)c1. The Balaban J connectivity index is 2.06. The molecule has 1 unspecified atom stereocenters. The fraction of sp³-hybridized carbons (Fsp3) is 0.167. The van der Waals surface area contributed by atoms with E-state index in [1.54, 1.807) is 48.5 Å². The number of amides is 2. The number of ether oxygens (including phenoxy) is 1. The Labute approximate surface area is 138 Å². The van der Waals surface area contributed by atoms with Gasteiger partial charge in [0.25, 0.3) is 11.8 Å². The molecule has 2 amide bonds. The maximum absolute atomic E-state index is 12.6. The first-order valence-corrected chi connectivity index (χ1v) is 7.35. The smallest absolute Gasteiger partial charge is 0.305 e. The van der Waals surface area contributed by atoms with Crippen LogP contribution >= 0.6 is 0 Å². The molecule has 1 atom stereocenters. The molecule has 1 heterocycles. The molecule has 3 rings (SSSR count). The summed E-state index contributed by atoms with van der Waals surface area (Å²) in [5, 5.41) is 9.24. The molecule has 0 bridgehead atoms. The van der Waals surface area contributed by atoms with Gasteiger partial charge in [-0.1, -0.05) is 24.3 Å². The van der Waals surface area contributed by atoms with Crippen molar-refractivity contribution in [2.45, 2.75) is 12.5 Å². The zero-order valence-corrected chi connectivity index (χ0v) is 12.9. The quantitative estimate of drug-likeness (QED) is 0.854. The highest BCUT2D eigenvalue weighted by atomic mass is 16.5. The van der Waals surface area contributed by atoms with Gasteiger partial charge in [0.05, 0.1) is 30.7 Å². The van der Waals surface area contributed by atoms with Crippen LogP contribution in [0.2, 0.25) is 0 Å². The Morgan fingerprint density at radius 3 is 2.25 bits per heavy atom. The summed E-state index contributed by atoms with van der Waals surface area (Å²) < 4.78 is 5.15. The lowest BCUT2D eigenvalue weighted by Crippen LogP contribution is -2.35. The van der Waals surface area contributed by atoms with Crippen LogP contribution in [0.5, 0.6) is 5.75 Å². The molecule has 0 saturated heterocycles. The lowest BCUT2D eigenvalue weighted by Gasteiger charge is -2.25. The van der Waals surface area contributed by atoms with E-state index in [2.05, 4.69) is 0 Å². The molecule has 1 N–H and O–H groups in total. The van der Waals surface area contributed by atoms with Crippen molar-refractivity contribution in [3.8, 4) is 5.75 Å². The molecule has 0 aliphatic carbocycles. The highest BCUT2D eigenvalue weighted by Crippen LogP contribution is 2.34. The van der Waals surface area contributed by atoms with Gasteiger partial charge in [-0.2, -0.15) is 0 Å². The maximum Gasteiger partial charge on any atom is 0.305 e. The molecule has 6 heteroatoms. The maximum atomic E-state index is 12.6. The molecule has 122 valence electrons. The minimum absolute atomic E-state index is 0.292. The Hall–Kier alpha value is -3.15. The summed E-state index contributed by atoms with van der Waals surface area (Å²) >= 11 is 0. The van der Waals surface area contributed by atoms with Gasteiger partial charge in [0.2, 0.25) is 0 Å². The number of carbonyl (C=O) groups excluding carboxylic acids is 2. The summed E-state index contributed by atoms with van der Waals surface area (Å²) in [6, 6.07) is 12.3. The van der Waals surface area contributed by atoms with Crippen molar-refractivity contribution in [1.29, 1.82) is 0 Å². The van der Waals surface area contributed by atoms with Crippen LogP contribution in [0.25, 0.3) is 0 Å². The molecule has 0 radical (unpaired) electrons. The third-order valence-electron chi connectivity index (χ3n) is 3.98. The molecular weight excluding hydrogens is 310 g/mol. The molecule has 2 aromatic carbocycles. The number of methoxy groups -OCH3 is 1. The average Bonchev–Trinajstić information content (AvgIpc) is 2.84. The van der Waals surface area contributed by atoms with Crippen LogP contribution in [0.1, 0.15) is 38.7 Å². The summed E-state index contributed by atoms with van der Waals surface area (Å²) in [6.45, 7) is 0. The molecule has 2 aromatic rings. The van der Waals surface area contributed by atoms with Crippen molar-refractivity contribution in [3.63, 3.8) is 0 Å². The van der Waals surface area contributed by atoms with Crippen LogP contribution in [-0.2, 0) is 4.79 Å². The monoisotopic (exact) mass is 325 g/mol. The van der Waals surface area contributed by atoms with E-state index in [9.17, 15) is 19.5 Å². The summed E-state index contributed by atoms with van der Waals surface area (Å²) in [6.07, 6.45) is -0.376. The third-order valence-corrected chi connectivity index (χ3v) is 3.98. The van der Waals surface area contributed by atoms with E-state index in [1.807, 2.05) is 0 Å². The Morgan fingerprint density at radius 1 is 1.08 bits per heavy atom. The van der Waals surface area contributed by atoms with Crippen LogP contribution in [0.3, 0.4) is 0 Å². The number of carboxylic acid groups (broad SMARTS) is 1. The summed E-state index contributed by atoms with van der Waals surface area (Å²) in [5.41, 5.74) is 1.12. The predicted octanol–water partition coefficient (Wildman–Crippen LogP) is 2.51. The van der Waals surface area contributed by atoms with Crippen LogP contribution in [-0.4, -0.2) is 34.9 Å². The highest BCUT2D eigenvalue weighted by molar-refractivity contribution is 6.21. The van der Waals surface area contributed by atoms with Gasteiger partial charge in [0.1, 0.15) is 5.75 Å². The van der Waals surface area contributed by atoms with Crippen LogP contribution in [0.4, 0.5) is 0 Å². The van der Waals surface area contributed by atoms with E-state index < -0.39 is 23.8 Å². The molecule has 1 aliphatic heterocycles. The van der Waals surface area contributed by atoms with Crippen molar-refractivity contribution < 1.29 is 24.2 Å². The number of hydrogen-bond donors (Lipinski definition) is 1. The molecule has 0 saturated carbocycles. The number of carbonyl (C=O) groups is 3. The second-order valence-corrected chi connectivity index (χ2v) is 5.42. The predicted molar refractivity (Wildman–Crippen MR) is 84.9 cm³/mol. The zero-order valence-electron chi connectivity index (χ0n) is 12.9. The van der Waals surface area contributed by atoms with Crippen molar-refractivity contribution in [1.82, 2.24) is 4.90 Å². The van der Waals surface area contributed by atoms with Crippen molar-refractivity contribution in [2.24, 2.45) is 0 Å². The van der Waals surface area contributed by atoms with Crippen LogP contribution in [0.15, 0.2) is 48.5 Å². The molecular formula is C18H15NO5. The molecule has 0 fully saturated rings. The normalized spacial score (nSPS) is 14.5. The van der Waals surface area contributed by atoms with E-state index in [1.165, 1.54) is 7.11 Å². The largest absolute Gasteiger partial charge is 0.497 e. The second-order valence-electron chi connectivity index (χ2n) is 5.42. The summed E-state index contributed by atoms with van der Waals surface area (Å²) in [5.74, 6) is -1.53. The first-order chi connectivity index (χ1) is 11.5. The van der Waals surface area contributed by atoms with Gasteiger partial charge in [-0.25, -0.2) is 0 Å². The molecule has 24 heavy (non-hydrogen) atoms. The van der Waals surface area contributed by atoms with Gasteiger partial charge >= 0.3 is 5.97 Å². The van der Waals surface area contributed by atoms with E-state index in [-0.39, 0.29) is 6.42 Å². The number of fused-ring (bicyclic) bond motifs is 1. The highest BCUT2D eigenvalue weighted by Gasteiger charge is 2.41. The zero-order chi connectivity index (χ0) is 17.3. The van der Waals surface area contributed by atoms with E-state index in [0.717, 1.165) is 4.90 Å². The van der Waals surface area contributed by atoms with Crippen molar-refractivity contribution in [2.75, 3.05) is 7.11 Å². The van der Waals surface area contributed by atoms with Crippen molar-refractivity contribution >= 4 is 17.8 Å². The van der Waals surface area contributed by atoms with Gasteiger partial charge in [-0.3, -0.25) is 19.3 Å². The number of nitrogens with zero attached hydrogens (tertiary/aromatic N) is 1. The van der Waals surface area contributed by atoms with Gasteiger partial charge in [0.15, 0.2) is 0 Å². The van der Waals surface area contributed by atoms with E-state index in [4.69, 9.17) is 4.74 Å². The Morgan fingerprint density at radius 2 is 1.71 bits per heavy atom. The first-order valence-electron chi connectivity index (χ1n) is 7.35. The number of benzene rings is 2. The van der Waals surface area contributed by atoms with E-state index >= 15 is 0 Å². The fourth-order valence-electron chi connectivity index (χ4n) is 2.86. The minimum atomic E-state index is -1.10. The first kappa shape index (κ1) is 15.7. The number of imide groups is 1.